The van der Waals surface area contributed by atoms with Gasteiger partial charge in [-0.3, -0.25) is 0 Å². The molecule has 5 heteroatoms. The van der Waals surface area contributed by atoms with Crippen molar-refractivity contribution < 1.29 is 10.2 Å². The molecule has 1 heterocycles. The van der Waals surface area contributed by atoms with Crippen LogP contribution in [-0.2, 0) is 0 Å². The van der Waals surface area contributed by atoms with Gasteiger partial charge in [0.1, 0.15) is 5.82 Å². The van der Waals surface area contributed by atoms with Crippen LogP contribution in [0.2, 0.25) is 5.02 Å². The van der Waals surface area contributed by atoms with Crippen LogP contribution >= 0.6 is 11.6 Å². The van der Waals surface area contributed by atoms with Gasteiger partial charge in [0.15, 0.2) is 11.5 Å². The fourth-order valence-electron chi connectivity index (χ4n) is 1.79. The summed E-state index contributed by atoms with van der Waals surface area (Å²) in [5.74, 6) is 0.284. The summed E-state index contributed by atoms with van der Waals surface area (Å²) in [5.41, 5.74) is 2.31. The second kappa shape index (κ2) is 3.92. The summed E-state index contributed by atoms with van der Waals surface area (Å²) < 4.78 is 0. The van der Waals surface area contributed by atoms with Crippen molar-refractivity contribution >= 4 is 22.6 Å². The molecule has 18 heavy (non-hydrogen) atoms. The van der Waals surface area contributed by atoms with Crippen LogP contribution in [0.3, 0.4) is 0 Å². The standard InChI is InChI=1S/C13H9ClN2O2/c14-8-2-3-9-10(6-8)16-13(15-9)7-1-4-11(17)12(18)5-7/h1-6,17-18H,(H,15,16). The van der Waals surface area contributed by atoms with Crippen LogP contribution in [0, 0.1) is 0 Å². The molecule has 90 valence electrons. The minimum Gasteiger partial charge on any atom is -0.504 e. The van der Waals surface area contributed by atoms with Gasteiger partial charge in [0, 0.05) is 10.6 Å². The second-order valence-corrected chi connectivity index (χ2v) is 4.39. The van der Waals surface area contributed by atoms with Crippen LogP contribution in [0.5, 0.6) is 11.5 Å². The number of phenols is 2. The summed E-state index contributed by atoms with van der Waals surface area (Å²) >= 11 is 5.90. The summed E-state index contributed by atoms with van der Waals surface area (Å²) in [4.78, 5) is 7.50. The van der Waals surface area contributed by atoms with E-state index >= 15 is 0 Å². The Bertz CT molecular complexity index is 737. The van der Waals surface area contributed by atoms with Gasteiger partial charge in [-0.1, -0.05) is 11.6 Å². The van der Waals surface area contributed by atoms with E-state index in [4.69, 9.17) is 11.6 Å². The van der Waals surface area contributed by atoms with Crippen LogP contribution in [-0.4, -0.2) is 20.2 Å². The largest absolute Gasteiger partial charge is 0.504 e. The van der Waals surface area contributed by atoms with Crippen LogP contribution < -0.4 is 0 Å². The van der Waals surface area contributed by atoms with Crippen molar-refractivity contribution in [3.05, 3.63) is 41.4 Å². The van der Waals surface area contributed by atoms with Gasteiger partial charge in [-0.25, -0.2) is 4.98 Å². The Hall–Kier alpha value is -2.20. The van der Waals surface area contributed by atoms with Gasteiger partial charge >= 0.3 is 0 Å². The lowest BCUT2D eigenvalue weighted by molar-refractivity contribution is 0.404. The monoisotopic (exact) mass is 260 g/mol. The zero-order valence-electron chi connectivity index (χ0n) is 9.18. The Balaban J connectivity index is 2.16. The minimum absolute atomic E-state index is 0.155. The summed E-state index contributed by atoms with van der Waals surface area (Å²) in [6, 6.07) is 9.92. The van der Waals surface area contributed by atoms with Gasteiger partial charge in [0.05, 0.1) is 11.0 Å². The highest BCUT2D eigenvalue weighted by Gasteiger charge is 2.08. The predicted molar refractivity (Wildman–Crippen MR) is 69.9 cm³/mol. The Morgan fingerprint density at radius 3 is 2.61 bits per heavy atom. The smallest absolute Gasteiger partial charge is 0.158 e. The predicted octanol–water partition coefficient (Wildman–Crippen LogP) is 3.29. The molecule has 4 nitrogen and oxygen atoms in total. The van der Waals surface area contributed by atoms with Gasteiger partial charge in [-0.15, -0.1) is 0 Å². The molecule has 0 radical (unpaired) electrons. The van der Waals surface area contributed by atoms with Crippen molar-refractivity contribution in [2.24, 2.45) is 0 Å². The molecule has 0 bridgehead atoms. The number of aromatic nitrogens is 2. The third-order valence-corrected chi connectivity index (χ3v) is 2.93. The van der Waals surface area contributed by atoms with Crippen molar-refractivity contribution in [1.82, 2.24) is 9.97 Å². The fraction of sp³-hybridized carbons (Fsp3) is 0. The minimum atomic E-state index is -0.175. The molecule has 3 N–H and O–H groups in total. The number of imidazole rings is 1. The first-order valence-corrected chi connectivity index (χ1v) is 5.69. The van der Waals surface area contributed by atoms with E-state index in [2.05, 4.69) is 9.97 Å². The number of benzene rings is 2. The Morgan fingerprint density at radius 1 is 1.00 bits per heavy atom. The molecule has 0 unspecified atom stereocenters. The van der Waals surface area contributed by atoms with Crippen molar-refractivity contribution in [3.63, 3.8) is 0 Å². The zero-order valence-corrected chi connectivity index (χ0v) is 9.94. The topological polar surface area (TPSA) is 69.1 Å². The fourth-order valence-corrected chi connectivity index (χ4v) is 1.96. The lowest BCUT2D eigenvalue weighted by Crippen LogP contribution is -1.80. The third kappa shape index (κ3) is 1.76. The molecule has 0 spiro atoms. The highest BCUT2D eigenvalue weighted by molar-refractivity contribution is 6.31. The number of nitrogens with one attached hydrogen (secondary N) is 1. The molecule has 2 aromatic carbocycles. The van der Waals surface area contributed by atoms with E-state index in [1.165, 1.54) is 12.1 Å². The maximum Gasteiger partial charge on any atom is 0.158 e. The van der Waals surface area contributed by atoms with E-state index in [9.17, 15) is 10.2 Å². The molecular weight excluding hydrogens is 252 g/mol. The molecule has 0 saturated carbocycles. The van der Waals surface area contributed by atoms with Crippen molar-refractivity contribution in [3.8, 4) is 22.9 Å². The lowest BCUT2D eigenvalue weighted by atomic mass is 10.2. The number of H-pyrrole nitrogens is 1. The van der Waals surface area contributed by atoms with E-state index in [-0.39, 0.29) is 11.5 Å². The number of hydrogen-bond donors (Lipinski definition) is 3. The SMILES string of the molecule is Oc1ccc(-c2nc3ccc(Cl)cc3[nH]2)cc1O. The van der Waals surface area contributed by atoms with E-state index in [1.807, 2.05) is 6.07 Å². The molecule has 0 aliphatic rings. The first kappa shape index (κ1) is 10.9. The number of phenolic OH excluding ortho intramolecular Hbond substituents is 2. The molecule has 3 aromatic rings. The van der Waals surface area contributed by atoms with Crippen LogP contribution in [0.4, 0.5) is 0 Å². The van der Waals surface area contributed by atoms with Crippen LogP contribution in [0.15, 0.2) is 36.4 Å². The van der Waals surface area contributed by atoms with E-state index in [0.29, 0.717) is 16.4 Å². The molecule has 0 aliphatic heterocycles. The Kier molecular flexibility index (Phi) is 2.38. The van der Waals surface area contributed by atoms with Crippen molar-refractivity contribution in [2.75, 3.05) is 0 Å². The second-order valence-electron chi connectivity index (χ2n) is 3.95. The number of hydrogen-bond acceptors (Lipinski definition) is 3. The molecule has 0 amide bonds. The molecule has 0 atom stereocenters. The van der Waals surface area contributed by atoms with E-state index in [0.717, 1.165) is 11.0 Å². The zero-order chi connectivity index (χ0) is 12.7. The molecule has 3 rings (SSSR count). The van der Waals surface area contributed by atoms with E-state index < -0.39 is 0 Å². The highest BCUT2D eigenvalue weighted by Crippen LogP contribution is 2.30. The maximum atomic E-state index is 9.47. The molecular formula is C13H9ClN2O2. The molecule has 1 aromatic heterocycles. The van der Waals surface area contributed by atoms with Crippen LogP contribution in [0.1, 0.15) is 0 Å². The van der Waals surface area contributed by atoms with Gasteiger partial charge in [0.2, 0.25) is 0 Å². The highest BCUT2D eigenvalue weighted by atomic mass is 35.5. The van der Waals surface area contributed by atoms with Gasteiger partial charge in [-0.05, 0) is 36.4 Å². The number of halogens is 1. The van der Waals surface area contributed by atoms with E-state index in [1.54, 1.807) is 18.2 Å². The van der Waals surface area contributed by atoms with Crippen LogP contribution in [0.25, 0.3) is 22.4 Å². The first-order chi connectivity index (χ1) is 8.63. The number of nitrogens with zero attached hydrogens (tertiary/aromatic N) is 1. The van der Waals surface area contributed by atoms with Crippen molar-refractivity contribution in [2.45, 2.75) is 0 Å². The first-order valence-electron chi connectivity index (χ1n) is 5.31. The van der Waals surface area contributed by atoms with Gasteiger partial charge in [0.25, 0.3) is 0 Å². The Morgan fingerprint density at radius 2 is 1.83 bits per heavy atom. The summed E-state index contributed by atoms with van der Waals surface area (Å²) in [6.07, 6.45) is 0. The Labute approximate surface area is 107 Å². The summed E-state index contributed by atoms with van der Waals surface area (Å²) in [6.45, 7) is 0. The number of rotatable bonds is 1. The summed E-state index contributed by atoms with van der Waals surface area (Å²) in [5, 5.41) is 19.4. The maximum absolute atomic E-state index is 9.47. The quantitative estimate of drug-likeness (QED) is 0.588. The average molecular weight is 261 g/mol. The number of aromatic amines is 1. The normalized spacial score (nSPS) is 10.9. The van der Waals surface area contributed by atoms with Crippen molar-refractivity contribution in [1.29, 1.82) is 0 Å². The van der Waals surface area contributed by atoms with Gasteiger partial charge in [-0.2, -0.15) is 0 Å². The molecule has 0 aliphatic carbocycles. The van der Waals surface area contributed by atoms with Gasteiger partial charge < -0.3 is 15.2 Å². The third-order valence-electron chi connectivity index (χ3n) is 2.69. The molecule has 0 saturated heterocycles. The lowest BCUT2D eigenvalue weighted by Gasteiger charge is -1.99. The summed E-state index contributed by atoms with van der Waals surface area (Å²) in [7, 11) is 0. The molecule has 0 fully saturated rings. The number of aromatic hydroxyl groups is 2. The number of fused-ring (bicyclic) bond motifs is 1. The average Bonchev–Trinajstić information content (AvgIpc) is 2.75.